The molecule has 0 bridgehead atoms. The second-order valence-corrected chi connectivity index (χ2v) is 10.8. The second kappa shape index (κ2) is 18.0. The van der Waals surface area contributed by atoms with Crippen LogP contribution in [-0.4, -0.2) is 49.0 Å². The summed E-state index contributed by atoms with van der Waals surface area (Å²) in [5.41, 5.74) is 0.928. The van der Waals surface area contributed by atoms with Gasteiger partial charge in [0.25, 0.3) is 0 Å². The summed E-state index contributed by atoms with van der Waals surface area (Å²) in [5.74, 6) is 0. The normalized spacial score (nSPS) is 11.8. The van der Waals surface area contributed by atoms with Gasteiger partial charge in [-0.05, 0) is 57.6 Å². The van der Waals surface area contributed by atoms with E-state index in [2.05, 4.69) is 36.7 Å². The molecular formula is C25H46BrNO3S. The summed E-state index contributed by atoms with van der Waals surface area (Å²) >= 11 is 3.59. The van der Waals surface area contributed by atoms with Gasteiger partial charge in [-0.2, -0.15) is 0 Å². The molecule has 6 heteroatoms. The second-order valence-electron chi connectivity index (χ2n) is 8.67. The van der Waals surface area contributed by atoms with E-state index in [1.54, 1.807) is 12.1 Å². The number of hydrogen-bond donors (Lipinski definition) is 0. The molecule has 4 nitrogen and oxygen atoms in total. The van der Waals surface area contributed by atoms with E-state index < -0.39 is 10.1 Å². The molecule has 0 amide bonds. The van der Waals surface area contributed by atoms with E-state index in [-0.39, 0.29) is 4.90 Å². The van der Waals surface area contributed by atoms with E-state index in [0.29, 0.717) is 0 Å². The quantitative estimate of drug-likeness (QED) is 0.101. The molecule has 0 aromatic heterocycles. The van der Waals surface area contributed by atoms with E-state index in [4.69, 9.17) is 0 Å². The zero-order chi connectivity index (χ0) is 23.6. The summed E-state index contributed by atoms with van der Waals surface area (Å²) in [6.07, 6.45) is 13.9. The van der Waals surface area contributed by atoms with Crippen molar-refractivity contribution >= 4 is 26.0 Å². The average Bonchev–Trinajstić information content (AvgIpc) is 2.74. The minimum atomic E-state index is -4.27. The molecule has 1 rings (SSSR count). The molecule has 0 saturated heterocycles. The topological polar surface area (TPSA) is 57.2 Å². The zero-order valence-electron chi connectivity index (χ0n) is 20.4. The van der Waals surface area contributed by atoms with E-state index in [0.717, 1.165) is 5.56 Å². The van der Waals surface area contributed by atoms with E-state index in [9.17, 15) is 13.0 Å². The fraction of sp³-hybridized carbons (Fsp3) is 0.760. The maximum Gasteiger partial charge on any atom is 0.124 e. The van der Waals surface area contributed by atoms with Crippen molar-refractivity contribution in [2.45, 2.75) is 96.8 Å². The first-order valence-corrected chi connectivity index (χ1v) is 14.7. The number of rotatable bonds is 16. The van der Waals surface area contributed by atoms with Gasteiger partial charge in [0.2, 0.25) is 0 Å². The Morgan fingerprint density at radius 2 is 1.19 bits per heavy atom. The Bertz CT molecular complexity index is 639. The molecule has 182 valence electrons. The third-order valence-electron chi connectivity index (χ3n) is 5.78. The molecule has 0 fully saturated rings. The first kappa shape index (κ1) is 30.6. The van der Waals surface area contributed by atoms with Crippen LogP contribution in [0.5, 0.6) is 0 Å². The van der Waals surface area contributed by atoms with E-state index in [1.165, 1.54) is 112 Å². The molecule has 0 saturated carbocycles. The summed E-state index contributed by atoms with van der Waals surface area (Å²) in [5, 5.41) is 1.17. The fourth-order valence-electron chi connectivity index (χ4n) is 3.78. The van der Waals surface area contributed by atoms with Gasteiger partial charge >= 0.3 is 0 Å². The van der Waals surface area contributed by atoms with Gasteiger partial charge in [0, 0.05) is 5.33 Å². The summed E-state index contributed by atoms with van der Waals surface area (Å²) < 4.78 is 32.6. The molecule has 0 N–H and O–H groups in total. The minimum absolute atomic E-state index is 0.178. The predicted octanol–water partition coefficient (Wildman–Crippen LogP) is 7.06. The summed E-state index contributed by atoms with van der Waals surface area (Å²) in [7, 11) is -4.27. The smallest absolute Gasteiger partial charge is 0.124 e. The van der Waals surface area contributed by atoms with Crippen LogP contribution in [0.4, 0.5) is 0 Å². The summed E-state index contributed by atoms with van der Waals surface area (Å²) in [6, 6.07) is 5.78. The average molecular weight is 521 g/mol. The van der Waals surface area contributed by atoms with Crippen molar-refractivity contribution < 1.29 is 17.5 Å². The van der Waals surface area contributed by atoms with Crippen molar-refractivity contribution in [1.82, 2.24) is 0 Å². The van der Waals surface area contributed by atoms with Crippen LogP contribution in [0.15, 0.2) is 29.2 Å². The van der Waals surface area contributed by atoms with Gasteiger partial charge in [-0.1, -0.05) is 80.1 Å². The summed E-state index contributed by atoms with van der Waals surface area (Å²) in [4.78, 5) is -0.178. The number of aryl methyl sites for hydroxylation is 1. The predicted molar refractivity (Wildman–Crippen MR) is 136 cm³/mol. The number of unbranched alkanes of at least 4 members (excludes halogenated alkanes) is 6. The Labute approximate surface area is 201 Å². The van der Waals surface area contributed by atoms with Crippen molar-refractivity contribution in [2.75, 3.05) is 31.5 Å². The molecule has 0 spiro atoms. The lowest BCUT2D eigenvalue weighted by atomic mass is 10.1. The molecule has 0 aliphatic rings. The zero-order valence-corrected chi connectivity index (χ0v) is 22.8. The third-order valence-corrected chi connectivity index (χ3v) is 7.19. The molecule has 31 heavy (non-hydrogen) atoms. The van der Waals surface area contributed by atoms with E-state index >= 15 is 0 Å². The van der Waals surface area contributed by atoms with Gasteiger partial charge in [-0.3, -0.25) is 0 Å². The van der Waals surface area contributed by atoms with Crippen LogP contribution >= 0.6 is 15.9 Å². The fourth-order valence-corrected chi connectivity index (χ4v) is 4.64. The van der Waals surface area contributed by atoms with Gasteiger partial charge in [0.05, 0.1) is 31.1 Å². The maximum absolute atomic E-state index is 10.4. The molecule has 1 aromatic carbocycles. The first-order chi connectivity index (χ1) is 14.7. The third kappa shape index (κ3) is 15.1. The van der Waals surface area contributed by atoms with Gasteiger partial charge in [-0.25, -0.2) is 8.42 Å². The number of alkyl halides is 1. The van der Waals surface area contributed by atoms with Crippen molar-refractivity contribution in [3.05, 3.63) is 29.8 Å². The highest BCUT2D eigenvalue weighted by molar-refractivity contribution is 9.09. The van der Waals surface area contributed by atoms with Gasteiger partial charge < -0.3 is 9.04 Å². The lowest BCUT2D eigenvalue weighted by Gasteiger charge is -2.39. The monoisotopic (exact) mass is 519 g/mol. The van der Waals surface area contributed by atoms with Crippen LogP contribution in [0.1, 0.15) is 90.5 Å². The van der Waals surface area contributed by atoms with Crippen molar-refractivity contribution in [3.63, 3.8) is 0 Å². The highest BCUT2D eigenvalue weighted by atomic mass is 79.9. The number of quaternary nitrogens is 1. The van der Waals surface area contributed by atoms with E-state index in [1.807, 2.05) is 6.92 Å². The Morgan fingerprint density at radius 1 is 0.742 bits per heavy atom. The summed E-state index contributed by atoms with van der Waals surface area (Å²) in [6.45, 7) is 14.5. The van der Waals surface area contributed by atoms with Crippen LogP contribution in [0, 0.1) is 6.92 Å². The van der Waals surface area contributed by atoms with Crippen molar-refractivity contribution in [3.8, 4) is 0 Å². The lowest BCUT2D eigenvalue weighted by molar-refractivity contribution is -0.929. The molecule has 0 atom stereocenters. The first-order valence-electron chi connectivity index (χ1n) is 12.2. The molecule has 0 aliphatic heterocycles. The van der Waals surface area contributed by atoms with Crippen LogP contribution in [0.2, 0.25) is 0 Å². The van der Waals surface area contributed by atoms with Gasteiger partial charge in [-0.15, -0.1) is 0 Å². The van der Waals surface area contributed by atoms with Crippen molar-refractivity contribution in [2.24, 2.45) is 0 Å². The Kier molecular flexibility index (Phi) is 17.8. The lowest BCUT2D eigenvalue weighted by Crippen LogP contribution is -2.50. The van der Waals surface area contributed by atoms with Crippen LogP contribution in [-0.2, 0) is 10.1 Å². The maximum atomic E-state index is 10.4. The Balaban J connectivity index is 0.000000683. The van der Waals surface area contributed by atoms with Gasteiger partial charge in [0.1, 0.15) is 10.1 Å². The molecule has 0 aliphatic carbocycles. The van der Waals surface area contributed by atoms with Crippen molar-refractivity contribution in [1.29, 1.82) is 0 Å². The SMILES string of the molecule is CCCCCC[N+](CCCC)(CCCC)CCCCBr.Cc1ccc(S(=O)(=O)[O-])cc1. The molecular weight excluding hydrogens is 474 g/mol. The minimum Gasteiger partial charge on any atom is -0.744 e. The number of nitrogens with zero attached hydrogens (tertiary/aromatic N) is 1. The molecule has 0 radical (unpaired) electrons. The highest BCUT2D eigenvalue weighted by Gasteiger charge is 2.25. The molecule has 1 aromatic rings. The largest absolute Gasteiger partial charge is 0.744 e. The standard InChI is InChI=1S/C18H39BrN.C7H8O3S/c1-4-7-10-12-17-20(15-8-5-2,16-9-6-3)18-13-11-14-19;1-6-2-4-7(5-3-6)11(8,9)10/h4-18H2,1-3H3;2-5H,1H3,(H,8,9,10)/q+1;/p-1. The van der Waals surface area contributed by atoms with Crippen LogP contribution < -0.4 is 0 Å². The Hall–Kier alpha value is -0.430. The number of benzene rings is 1. The Morgan fingerprint density at radius 3 is 1.61 bits per heavy atom. The molecule has 0 unspecified atom stereocenters. The molecule has 0 heterocycles. The van der Waals surface area contributed by atoms with Gasteiger partial charge in [0.15, 0.2) is 0 Å². The number of halogens is 1. The highest BCUT2D eigenvalue weighted by Crippen LogP contribution is 2.17. The van der Waals surface area contributed by atoms with Crippen LogP contribution in [0.25, 0.3) is 0 Å². The van der Waals surface area contributed by atoms with Crippen LogP contribution in [0.3, 0.4) is 0 Å². The number of hydrogen-bond acceptors (Lipinski definition) is 3.